The van der Waals surface area contributed by atoms with Gasteiger partial charge in [0.25, 0.3) is 0 Å². The first-order valence-corrected chi connectivity index (χ1v) is 7.41. The summed E-state index contributed by atoms with van der Waals surface area (Å²) in [5.41, 5.74) is 0. The normalized spacial score (nSPS) is 17.2. The van der Waals surface area contributed by atoms with Crippen molar-refractivity contribution >= 4 is 17.8 Å². The SMILES string of the molecule is CCCNCc1nnc(NC2CCSCC2)o1. The molecule has 1 aliphatic rings. The summed E-state index contributed by atoms with van der Waals surface area (Å²) in [6.45, 7) is 3.77. The lowest BCUT2D eigenvalue weighted by molar-refractivity contribution is 0.470. The van der Waals surface area contributed by atoms with Gasteiger partial charge in [0.2, 0.25) is 5.89 Å². The molecule has 0 bridgehead atoms. The smallest absolute Gasteiger partial charge is 0.315 e. The molecule has 96 valence electrons. The second kappa shape index (κ2) is 6.86. The minimum absolute atomic E-state index is 0.494. The third-order valence-corrected chi connectivity index (χ3v) is 3.77. The van der Waals surface area contributed by atoms with E-state index in [0.29, 0.717) is 24.5 Å². The maximum atomic E-state index is 5.53. The first-order valence-electron chi connectivity index (χ1n) is 6.26. The third-order valence-electron chi connectivity index (χ3n) is 2.72. The minimum atomic E-state index is 0.494. The van der Waals surface area contributed by atoms with Crippen molar-refractivity contribution in [2.45, 2.75) is 38.8 Å². The predicted octanol–water partition coefficient (Wildman–Crippen LogP) is 1.88. The van der Waals surface area contributed by atoms with Crippen LogP contribution in [0.15, 0.2) is 4.42 Å². The van der Waals surface area contributed by atoms with Crippen LogP contribution in [0, 0.1) is 0 Å². The molecule has 2 heterocycles. The summed E-state index contributed by atoms with van der Waals surface area (Å²) in [5.74, 6) is 3.10. The topological polar surface area (TPSA) is 63.0 Å². The average molecular weight is 256 g/mol. The predicted molar refractivity (Wildman–Crippen MR) is 70.3 cm³/mol. The zero-order valence-electron chi connectivity index (χ0n) is 10.2. The molecule has 1 saturated heterocycles. The number of nitrogens with one attached hydrogen (secondary N) is 2. The zero-order valence-corrected chi connectivity index (χ0v) is 11.1. The molecule has 6 heteroatoms. The second-order valence-electron chi connectivity index (χ2n) is 4.21. The maximum absolute atomic E-state index is 5.53. The van der Waals surface area contributed by atoms with Crippen molar-refractivity contribution in [3.63, 3.8) is 0 Å². The van der Waals surface area contributed by atoms with Crippen LogP contribution >= 0.6 is 11.8 Å². The Kier molecular flexibility index (Phi) is 5.12. The van der Waals surface area contributed by atoms with Gasteiger partial charge in [-0.3, -0.25) is 0 Å². The molecule has 17 heavy (non-hydrogen) atoms. The van der Waals surface area contributed by atoms with Crippen LogP contribution in [0.3, 0.4) is 0 Å². The standard InChI is InChI=1S/C11H20N4OS/c1-2-5-12-8-10-14-15-11(16-10)13-9-3-6-17-7-4-9/h9,12H,2-8H2,1H3,(H,13,15). The molecule has 2 rings (SSSR count). The molecule has 0 aromatic carbocycles. The fraction of sp³-hybridized carbons (Fsp3) is 0.818. The molecular formula is C11H20N4OS. The van der Waals surface area contributed by atoms with E-state index in [2.05, 4.69) is 27.8 Å². The van der Waals surface area contributed by atoms with Crippen LogP contribution in [0.25, 0.3) is 0 Å². The molecule has 1 fully saturated rings. The highest BCUT2D eigenvalue weighted by atomic mass is 32.2. The first kappa shape index (κ1) is 12.7. The fourth-order valence-electron chi connectivity index (χ4n) is 1.77. The lowest BCUT2D eigenvalue weighted by atomic mass is 10.2. The summed E-state index contributed by atoms with van der Waals surface area (Å²) in [6, 6.07) is 1.06. The Morgan fingerprint density at radius 1 is 1.35 bits per heavy atom. The fourth-order valence-corrected chi connectivity index (χ4v) is 2.88. The Balaban J connectivity index is 1.76. The van der Waals surface area contributed by atoms with Crippen molar-refractivity contribution in [1.29, 1.82) is 0 Å². The first-order chi connectivity index (χ1) is 8.38. The van der Waals surface area contributed by atoms with E-state index in [0.717, 1.165) is 13.0 Å². The number of thioether (sulfide) groups is 1. The van der Waals surface area contributed by atoms with E-state index in [-0.39, 0.29) is 0 Å². The summed E-state index contributed by atoms with van der Waals surface area (Å²) in [4.78, 5) is 0. The number of anilines is 1. The van der Waals surface area contributed by atoms with Crippen molar-refractivity contribution in [3.8, 4) is 0 Å². The van der Waals surface area contributed by atoms with Crippen molar-refractivity contribution in [2.24, 2.45) is 0 Å². The van der Waals surface area contributed by atoms with Gasteiger partial charge in [-0.2, -0.15) is 11.8 Å². The van der Waals surface area contributed by atoms with Gasteiger partial charge < -0.3 is 15.1 Å². The molecule has 0 unspecified atom stereocenters. The Labute approximate surface area is 106 Å². The molecule has 0 amide bonds. The molecule has 1 aliphatic heterocycles. The molecule has 0 spiro atoms. The van der Waals surface area contributed by atoms with Crippen LogP contribution in [0.5, 0.6) is 0 Å². The molecule has 0 aliphatic carbocycles. The highest BCUT2D eigenvalue weighted by Crippen LogP contribution is 2.20. The van der Waals surface area contributed by atoms with Gasteiger partial charge in [-0.05, 0) is 37.3 Å². The van der Waals surface area contributed by atoms with Gasteiger partial charge in [-0.1, -0.05) is 12.0 Å². The van der Waals surface area contributed by atoms with Gasteiger partial charge in [0, 0.05) is 6.04 Å². The lowest BCUT2D eigenvalue weighted by Crippen LogP contribution is -2.24. The van der Waals surface area contributed by atoms with Crippen molar-refractivity contribution in [2.75, 3.05) is 23.4 Å². The molecule has 0 radical (unpaired) electrons. The van der Waals surface area contributed by atoms with E-state index in [1.165, 1.54) is 24.3 Å². The number of nitrogens with zero attached hydrogens (tertiary/aromatic N) is 2. The maximum Gasteiger partial charge on any atom is 0.315 e. The highest BCUT2D eigenvalue weighted by Gasteiger charge is 2.16. The van der Waals surface area contributed by atoms with E-state index in [1.807, 2.05) is 11.8 Å². The van der Waals surface area contributed by atoms with Crippen LogP contribution in [0.1, 0.15) is 32.1 Å². The summed E-state index contributed by atoms with van der Waals surface area (Å²) >= 11 is 2.01. The Bertz CT molecular complexity index is 325. The number of rotatable bonds is 6. The van der Waals surface area contributed by atoms with Crippen molar-refractivity contribution in [3.05, 3.63) is 5.89 Å². The van der Waals surface area contributed by atoms with Crippen molar-refractivity contribution in [1.82, 2.24) is 15.5 Å². The zero-order chi connectivity index (χ0) is 11.9. The van der Waals surface area contributed by atoms with Crippen LogP contribution in [-0.2, 0) is 6.54 Å². The van der Waals surface area contributed by atoms with Crippen molar-refractivity contribution < 1.29 is 4.42 Å². The van der Waals surface area contributed by atoms with Crippen LogP contribution in [0.2, 0.25) is 0 Å². The average Bonchev–Trinajstić information content (AvgIpc) is 2.79. The molecule has 1 aromatic heterocycles. The lowest BCUT2D eigenvalue weighted by Gasteiger charge is -2.21. The quantitative estimate of drug-likeness (QED) is 0.758. The van der Waals surface area contributed by atoms with Gasteiger partial charge >= 0.3 is 6.01 Å². The van der Waals surface area contributed by atoms with Gasteiger partial charge in [-0.15, -0.1) is 5.10 Å². The highest BCUT2D eigenvalue weighted by molar-refractivity contribution is 7.99. The molecule has 0 atom stereocenters. The van der Waals surface area contributed by atoms with Gasteiger partial charge in [0.1, 0.15) is 0 Å². The minimum Gasteiger partial charge on any atom is -0.407 e. The van der Waals surface area contributed by atoms with Gasteiger partial charge in [0.05, 0.1) is 6.54 Å². The Hall–Kier alpha value is -0.750. The molecular weight excluding hydrogens is 236 g/mol. The van der Waals surface area contributed by atoms with E-state index >= 15 is 0 Å². The molecule has 5 nitrogen and oxygen atoms in total. The Morgan fingerprint density at radius 2 is 2.18 bits per heavy atom. The molecule has 1 aromatic rings. The molecule has 0 saturated carbocycles. The summed E-state index contributed by atoms with van der Waals surface area (Å²) in [7, 11) is 0. The van der Waals surface area contributed by atoms with Gasteiger partial charge in [-0.25, -0.2) is 0 Å². The summed E-state index contributed by atoms with van der Waals surface area (Å²) < 4.78 is 5.53. The summed E-state index contributed by atoms with van der Waals surface area (Å²) in [5, 5.41) is 14.6. The third kappa shape index (κ3) is 4.20. The van der Waals surface area contributed by atoms with Crippen LogP contribution in [-0.4, -0.2) is 34.3 Å². The van der Waals surface area contributed by atoms with Crippen LogP contribution in [0.4, 0.5) is 6.01 Å². The summed E-state index contributed by atoms with van der Waals surface area (Å²) in [6.07, 6.45) is 3.46. The second-order valence-corrected chi connectivity index (χ2v) is 5.43. The van der Waals surface area contributed by atoms with Crippen LogP contribution < -0.4 is 10.6 Å². The number of aromatic nitrogens is 2. The largest absolute Gasteiger partial charge is 0.407 e. The number of hydrogen-bond donors (Lipinski definition) is 2. The van der Waals surface area contributed by atoms with E-state index in [1.54, 1.807) is 0 Å². The van der Waals surface area contributed by atoms with Gasteiger partial charge in [0.15, 0.2) is 0 Å². The molecule has 2 N–H and O–H groups in total. The Morgan fingerprint density at radius 3 is 2.94 bits per heavy atom. The monoisotopic (exact) mass is 256 g/mol. The van der Waals surface area contributed by atoms with E-state index in [4.69, 9.17) is 4.42 Å². The number of hydrogen-bond acceptors (Lipinski definition) is 6. The van der Waals surface area contributed by atoms with E-state index < -0.39 is 0 Å². The van der Waals surface area contributed by atoms with E-state index in [9.17, 15) is 0 Å².